The second kappa shape index (κ2) is 17.5. The van der Waals surface area contributed by atoms with E-state index in [-0.39, 0.29) is 0 Å². The Morgan fingerprint density at radius 3 is 1.08 bits per heavy atom. The zero-order valence-corrected chi connectivity index (χ0v) is 42.6. The van der Waals surface area contributed by atoms with E-state index in [1.165, 1.54) is 62.4 Å². The van der Waals surface area contributed by atoms with E-state index in [1.807, 2.05) is 12.4 Å². The normalized spacial score (nSPS) is 12.1. The van der Waals surface area contributed by atoms with Crippen molar-refractivity contribution in [2.75, 3.05) is 0 Å². The predicted molar refractivity (Wildman–Crippen MR) is 313 cm³/mol. The van der Waals surface area contributed by atoms with Crippen molar-refractivity contribution in [3.05, 3.63) is 279 Å². The Morgan fingerprint density at radius 2 is 0.671 bits per heavy atom. The maximum Gasteiger partial charge on any atom is 0.179 e. The molecule has 14 rings (SSSR count). The summed E-state index contributed by atoms with van der Waals surface area (Å²) in [5, 5.41) is 19.0. The van der Waals surface area contributed by atoms with Crippen molar-refractivity contribution < 1.29 is 0 Å². The van der Waals surface area contributed by atoms with Gasteiger partial charge < -0.3 is 9.13 Å². The molecule has 0 unspecified atom stereocenters. The summed E-state index contributed by atoms with van der Waals surface area (Å²) < 4.78 is 6.15. The van der Waals surface area contributed by atoms with E-state index >= 15 is 0 Å². The Kier molecular flexibility index (Phi) is 10.4. The van der Waals surface area contributed by atoms with Crippen LogP contribution in [-0.4, -0.2) is 35.2 Å². The molecule has 0 amide bonds. The van der Waals surface area contributed by atoms with Crippen LogP contribution in [0.15, 0.2) is 279 Å². The number of benzene rings is 9. The zero-order valence-electron chi connectivity index (χ0n) is 39.8. The number of rotatable bonds is 10. The van der Waals surface area contributed by atoms with Crippen LogP contribution in [0, 0.1) is 0 Å². The number of nitrogens with zero attached hydrogens (tertiary/aromatic N) is 4. The first kappa shape index (κ1) is 43.1. The summed E-state index contributed by atoms with van der Waals surface area (Å²) in [6, 6.07) is 92.9. The van der Waals surface area contributed by atoms with Gasteiger partial charge >= 0.3 is 0 Å². The van der Waals surface area contributed by atoms with Crippen LogP contribution >= 0.6 is 11.3 Å². The molecule has 0 aliphatic rings. The summed E-state index contributed by atoms with van der Waals surface area (Å²) in [6.45, 7) is 0. The maximum absolute atomic E-state index is 4.76. The van der Waals surface area contributed by atoms with Gasteiger partial charge in [-0.05, 0) is 84.0 Å². The Bertz CT molecular complexity index is 4120. The third-order valence-corrected chi connectivity index (χ3v) is 25.8. The molecule has 0 bridgehead atoms. The molecule has 14 aromatic rings. The average molecular weight is 983 g/mol. The van der Waals surface area contributed by atoms with Crippen LogP contribution in [0.3, 0.4) is 0 Å². The van der Waals surface area contributed by atoms with Crippen molar-refractivity contribution in [3.63, 3.8) is 0 Å². The molecule has 0 aliphatic carbocycles. The highest BCUT2D eigenvalue weighted by Crippen LogP contribution is 2.39. The smallest absolute Gasteiger partial charge is 0.179 e. The van der Waals surface area contributed by atoms with Gasteiger partial charge in [0.1, 0.15) is 0 Å². The summed E-state index contributed by atoms with van der Waals surface area (Å²) in [6.07, 6.45) is 7.96. The van der Waals surface area contributed by atoms with Gasteiger partial charge in [-0.2, -0.15) is 0 Å². The van der Waals surface area contributed by atoms with E-state index in [2.05, 4.69) is 276 Å². The molecular weight excluding hydrogens is 937 g/mol. The molecule has 4 nitrogen and oxygen atoms in total. The summed E-state index contributed by atoms with van der Waals surface area (Å²) in [7, 11) is -5.57. The number of pyridine rings is 2. The van der Waals surface area contributed by atoms with Gasteiger partial charge in [-0.3, -0.25) is 9.97 Å². The highest BCUT2D eigenvalue weighted by molar-refractivity contribution is 7.20. The average Bonchev–Trinajstić information content (AvgIpc) is 4.16. The Balaban J connectivity index is 0.968. The molecule has 0 saturated heterocycles. The van der Waals surface area contributed by atoms with Crippen LogP contribution < -0.4 is 41.5 Å². The zero-order chi connectivity index (χ0) is 48.3. The molecule has 0 aliphatic heterocycles. The Hall–Kier alpha value is -8.73. The standard InChI is InChI=1S/C66H46N4SSi2/c1-7-19-48(20-8-1)72(49-21-9-2-10-22-49,50-23-11-3-12-24-50)54-32-34-61-56(42-54)59-44-67-39-37-63(59)69(61)47-31-36-66-58(41-47)65(46-71-66)70-62-35-33-55(43-57(62)60-45-68-40-38-64(60)70)73(51-25-13-4-14-26-51,52-27-15-5-16-28-52)53-29-17-6-18-30-53/h1-46H. The van der Waals surface area contributed by atoms with Gasteiger partial charge in [-0.1, -0.05) is 206 Å². The fourth-order valence-electron chi connectivity index (χ4n) is 12.2. The molecule has 0 spiro atoms. The first-order valence-electron chi connectivity index (χ1n) is 24.9. The maximum atomic E-state index is 4.76. The largest absolute Gasteiger partial charge is 0.309 e. The number of fused-ring (bicyclic) bond motifs is 7. The summed E-state index contributed by atoms with van der Waals surface area (Å²) in [5.74, 6) is 0. The first-order chi connectivity index (χ1) is 36.2. The van der Waals surface area contributed by atoms with E-state index in [9.17, 15) is 0 Å². The molecular formula is C66H46N4SSi2. The molecule has 73 heavy (non-hydrogen) atoms. The van der Waals surface area contributed by atoms with E-state index in [0.29, 0.717) is 0 Å². The minimum Gasteiger partial charge on any atom is -0.309 e. The summed E-state index contributed by atoms with van der Waals surface area (Å²) in [4.78, 5) is 9.51. The lowest BCUT2D eigenvalue weighted by molar-refractivity contribution is 1.17. The fourth-order valence-corrected chi connectivity index (χ4v) is 22.6. The lowest BCUT2D eigenvalue weighted by Gasteiger charge is -2.34. The van der Waals surface area contributed by atoms with Gasteiger partial charge in [0.2, 0.25) is 0 Å². The monoisotopic (exact) mass is 982 g/mol. The van der Waals surface area contributed by atoms with Gasteiger partial charge in [0.15, 0.2) is 16.1 Å². The Labute approximate surface area is 429 Å². The molecule has 0 N–H and O–H groups in total. The van der Waals surface area contributed by atoms with Crippen molar-refractivity contribution >= 4 is 123 Å². The molecule has 0 fully saturated rings. The predicted octanol–water partition coefficient (Wildman–Crippen LogP) is 10.6. The van der Waals surface area contributed by atoms with Gasteiger partial charge in [0.25, 0.3) is 0 Å². The molecule has 0 radical (unpaired) electrons. The van der Waals surface area contributed by atoms with Crippen LogP contribution in [-0.2, 0) is 0 Å². The molecule has 344 valence electrons. The number of thiophene rings is 1. The van der Waals surface area contributed by atoms with Crippen LogP contribution in [0.5, 0.6) is 0 Å². The van der Waals surface area contributed by atoms with Crippen LogP contribution in [0.1, 0.15) is 0 Å². The van der Waals surface area contributed by atoms with Gasteiger partial charge in [0.05, 0.1) is 27.8 Å². The molecule has 5 heterocycles. The second-order valence-corrected chi connectivity index (χ2v) is 27.4. The topological polar surface area (TPSA) is 35.6 Å². The molecule has 0 atom stereocenters. The first-order valence-corrected chi connectivity index (χ1v) is 29.7. The van der Waals surface area contributed by atoms with Crippen LogP contribution in [0.4, 0.5) is 0 Å². The van der Waals surface area contributed by atoms with E-state index in [0.717, 1.165) is 44.2 Å². The minimum absolute atomic E-state index is 1.11. The second-order valence-electron chi connectivity index (χ2n) is 18.9. The van der Waals surface area contributed by atoms with Gasteiger partial charge in [0, 0.05) is 67.5 Å². The van der Waals surface area contributed by atoms with Crippen molar-refractivity contribution in [1.29, 1.82) is 0 Å². The Morgan fingerprint density at radius 1 is 0.301 bits per heavy atom. The number of aromatic nitrogens is 4. The summed E-state index contributed by atoms with van der Waals surface area (Å²) >= 11 is 1.80. The fraction of sp³-hybridized carbons (Fsp3) is 0. The molecule has 5 aromatic heterocycles. The van der Waals surface area contributed by atoms with E-state index < -0.39 is 16.1 Å². The molecule has 9 aromatic carbocycles. The third-order valence-electron chi connectivity index (χ3n) is 15.3. The van der Waals surface area contributed by atoms with Crippen LogP contribution in [0.2, 0.25) is 0 Å². The molecule has 7 heteroatoms. The van der Waals surface area contributed by atoms with Gasteiger partial charge in [-0.15, -0.1) is 11.3 Å². The van der Waals surface area contributed by atoms with Crippen molar-refractivity contribution in [2.24, 2.45) is 0 Å². The molecule has 0 saturated carbocycles. The number of hydrogen-bond donors (Lipinski definition) is 0. The van der Waals surface area contributed by atoms with Crippen molar-refractivity contribution in [2.45, 2.75) is 0 Å². The van der Waals surface area contributed by atoms with Gasteiger partial charge in [-0.25, -0.2) is 0 Å². The van der Waals surface area contributed by atoms with E-state index in [4.69, 9.17) is 9.97 Å². The van der Waals surface area contributed by atoms with Crippen LogP contribution in [0.25, 0.3) is 65.1 Å². The third kappa shape index (κ3) is 6.63. The highest BCUT2D eigenvalue weighted by atomic mass is 32.1. The minimum atomic E-state index is -2.79. The quantitative estimate of drug-likeness (QED) is 0.101. The highest BCUT2D eigenvalue weighted by Gasteiger charge is 2.43. The lowest BCUT2D eigenvalue weighted by Crippen LogP contribution is -2.74. The van der Waals surface area contributed by atoms with E-state index in [1.54, 1.807) is 11.3 Å². The number of hydrogen-bond acceptors (Lipinski definition) is 3. The van der Waals surface area contributed by atoms with Crippen molar-refractivity contribution in [3.8, 4) is 11.4 Å². The lowest BCUT2D eigenvalue weighted by atomic mass is 10.2. The summed E-state index contributed by atoms with van der Waals surface area (Å²) in [5.41, 5.74) is 6.84. The SMILES string of the molecule is c1ccc([Si](c2ccccc2)(c2ccccc2)c2ccc3c(c2)c2cnccc2n3-c2ccc3scc(-n4c5ccncc5c5cc([Si](c6ccccc6)(c6ccccc6)c6ccccc6)ccc54)c3c2)cc1. The van der Waals surface area contributed by atoms with Crippen molar-refractivity contribution in [1.82, 2.24) is 19.1 Å².